The number of imide groups is 1. The lowest BCUT2D eigenvalue weighted by atomic mass is 10.2. The summed E-state index contributed by atoms with van der Waals surface area (Å²) in [6.45, 7) is 7.57. The third kappa shape index (κ3) is 4.92. The van der Waals surface area contributed by atoms with Gasteiger partial charge in [0.1, 0.15) is 0 Å². The molecule has 1 saturated carbocycles. The molecule has 2 N–H and O–H groups in total. The summed E-state index contributed by atoms with van der Waals surface area (Å²) >= 11 is 1.26. The van der Waals surface area contributed by atoms with Gasteiger partial charge in [-0.2, -0.15) is 0 Å². The van der Waals surface area contributed by atoms with Crippen LogP contribution in [0.1, 0.15) is 49.6 Å². The first-order valence-electron chi connectivity index (χ1n) is 7.96. The lowest BCUT2D eigenvalue weighted by molar-refractivity contribution is -0.119. The third-order valence-corrected chi connectivity index (χ3v) is 5.15. The molecule has 3 amide bonds. The summed E-state index contributed by atoms with van der Waals surface area (Å²) in [6, 6.07) is -0.219. The normalized spacial score (nSPS) is 16.2. The van der Waals surface area contributed by atoms with Crippen LogP contribution < -0.4 is 10.6 Å². The highest BCUT2D eigenvalue weighted by atomic mass is 32.2. The van der Waals surface area contributed by atoms with Gasteiger partial charge in [0.05, 0.1) is 5.25 Å². The second-order valence-corrected chi connectivity index (χ2v) is 7.31. The van der Waals surface area contributed by atoms with Gasteiger partial charge in [-0.05, 0) is 46.1 Å². The highest BCUT2D eigenvalue weighted by molar-refractivity contribution is 8.00. The molecule has 0 bridgehead atoms. The number of aromatic nitrogens is 2. The van der Waals surface area contributed by atoms with Gasteiger partial charge in [-0.3, -0.25) is 10.1 Å². The molecule has 1 atom stereocenters. The van der Waals surface area contributed by atoms with E-state index in [1.807, 2.05) is 20.8 Å². The lowest BCUT2D eigenvalue weighted by Crippen LogP contribution is -2.45. The Morgan fingerprint density at radius 2 is 1.70 bits per heavy atom. The predicted octanol–water partition coefficient (Wildman–Crippen LogP) is 2.65. The van der Waals surface area contributed by atoms with Crippen molar-refractivity contribution in [3.8, 4) is 0 Å². The van der Waals surface area contributed by atoms with E-state index in [1.54, 1.807) is 6.92 Å². The second kappa shape index (κ2) is 7.77. The van der Waals surface area contributed by atoms with Crippen molar-refractivity contribution in [1.82, 2.24) is 20.6 Å². The minimum absolute atomic E-state index is 0.191. The molecule has 7 heteroatoms. The van der Waals surface area contributed by atoms with Crippen LogP contribution in [0.4, 0.5) is 4.79 Å². The van der Waals surface area contributed by atoms with Crippen LogP contribution in [0.5, 0.6) is 0 Å². The summed E-state index contributed by atoms with van der Waals surface area (Å²) in [5, 5.41) is 5.37. The average Bonchev–Trinajstić information content (AvgIpc) is 2.97. The number of aryl methyl sites for hydroxylation is 2. The molecule has 0 unspecified atom stereocenters. The first-order chi connectivity index (χ1) is 10.9. The van der Waals surface area contributed by atoms with E-state index in [1.165, 1.54) is 11.8 Å². The van der Waals surface area contributed by atoms with Crippen molar-refractivity contribution in [3.63, 3.8) is 0 Å². The molecule has 6 nitrogen and oxygen atoms in total. The molecular formula is C16H24N4O2S. The fourth-order valence-electron chi connectivity index (χ4n) is 2.51. The Hall–Kier alpha value is -1.63. The van der Waals surface area contributed by atoms with Gasteiger partial charge in [-0.1, -0.05) is 24.6 Å². The highest BCUT2D eigenvalue weighted by Gasteiger charge is 2.22. The SMILES string of the molecule is Cc1nc(S[C@@H](C)C(=O)NC(=O)NC2CCCC2)nc(C)c1C. The summed E-state index contributed by atoms with van der Waals surface area (Å²) in [7, 11) is 0. The number of rotatable bonds is 4. The Balaban J connectivity index is 1.88. The van der Waals surface area contributed by atoms with Gasteiger partial charge < -0.3 is 5.32 Å². The summed E-state index contributed by atoms with van der Waals surface area (Å²) in [5.74, 6) is -0.329. The molecule has 1 aliphatic carbocycles. The molecule has 1 heterocycles. The number of hydrogen-bond acceptors (Lipinski definition) is 5. The molecule has 1 aliphatic rings. The molecule has 1 fully saturated rings. The zero-order valence-electron chi connectivity index (χ0n) is 14.1. The average molecular weight is 336 g/mol. The summed E-state index contributed by atoms with van der Waals surface area (Å²) in [5.41, 5.74) is 2.88. The van der Waals surface area contributed by atoms with Crippen molar-refractivity contribution >= 4 is 23.7 Å². The Morgan fingerprint density at radius 1 is 1.13 bits per heavy atom. The molecule has 1 aromatic rings. The first kappa shape index (κ1) is 17.7. The molecule has 0 spiro atoms. The maximum atomic E-state index is 12.1. The van der Waals surface area contributed by atoms with Crippen LogP contribution in [0.3, 0.4) is 0 Å². The fraction of sp³-hybridized carbons (Fsp3) is 0.625. The molecule has 23 heavy (non-hydrogen) atoms. The quantitative estimate of drug-likeness (QED) is 0.652. The van der Waals surface area contributed by atoms with E-state index in [2.05, 4.69) is 20.6 Å². The number of amides is 3. The first-order valence-corrected chi connectivity index (χ1v) is 8.84. The summed E-state index contributed by atoms with van der Waals surface area (Å²) < 4.78 is 0. The molecule has 0 aliphatic heterocycles. The zero-order valence-corrected chi connectivity index (χ0v) is 14.9. The molecule has 2 rings (SSSR count). The number of hydrogen-bond donors (Lipinski definition) is 2. The molecule has 0 aromatic carbocycles. The predicted molar refractivity (Wildman–Crippen MR) is 90.5 cm³/mol. The van der Waals surface area contributed by atoms with Crippen LogP contribution >= 0.6 is 11.8 Å². The summed E-state index contributed by atoms with van der Waals surface area (Å²) in [4.78, 5) is 32.7. The van der Waals surface area contributed by atoms with E-state index in [0.29, 0.717) is 5.16 Å². The number of thioether (sulfide) groups is 1. The molecular weight excluding hydrogens is 312 g/mol. The standard InChI is InChI=1S/C16H24N4O2S/c1-9-10(2)17-16(18-11(9)3)23-12(4)14(21)20-15(22)19-13-7-5-6-8-13/h12-13H,5-8H2,1-4H3,(H2,19,20,21,22)/t12-/m0/s1. The van der Waals surface area contributed by atoms with Gasteiger partial charge in [-0.25, -0.2) is 14.8 Å². The number of carbonyl (C=O) groups is 2. The van der Waals surface area contributed by atoms with Gasteiger partial charge in [0.15, 0.2) is 5.16 Å². The third-order valence-electron chi connectivity index (χ3n) is 4.19. The van der Waals surface area contributed by atoms with Gasteiger partial charge in [-0.15, -0.1) is 0 Å². The van der Waals surface area contributed by atoms with Crippen LogP contribution in [0, 0.1) is 20.8 Å². The Kier molecular flexibility index (Phi) is 5.98. The molecule has 0 radical (unpaired) electrons. The van der Waals surface area contributed by atoms with Crippen LogP contribution in [0.2, 0.25) is 0 Å². The van der Waals surface area contributed by atoms with Gasteiger partial charge in [0, 0.05) is 17.4 Å². The van der Waals surface area contributed by atoms with Crippen LogP contribution in [0.15, 0.2) is 5.16 Å². The van der Waals surface area contributed by atoms with E-state index in [-0.39, 0.29) is 11.9 Å². The second-order valence-electron chi connectivity index (χ2n) is 6.01. The Bertz CT molecular complexity index is 577. The number of nitrogens with zero attached hydrogens (tertiary/aromatic N) is 2. The van der Waals surface area contributed by atoms with Gasteiger partial charge in [0.2, 0.25) is 5.91 Å². The maximum absolute atomic E-state index is 12.1. The number of urea groups is 1. The zero-order chi connectivity index (χ0) is 17.0. The largest absolute Gasteiger partial charge is 0.335 e. The van der Waals surface area contributed by atoms with E-state index in [4.69, 9.17) is 0 Å². The molecule has 0 saturated heterocycles. The van der Waals surface area contributed by atoms with Gasteiger partial charge in [0.25, 0.3) is 0 Å². The van der Waals surface area contributed by atoms with Gasteiger partial charge >= 0.3 is 6.03 Å². The van der Waals surface area contributed by atoms with Crippen LogP contribution in [-0.2, 0) is 4.79 Å². The van der Waals surface area contributed by atoms with Crippen molar-refractivity contribution in [2.75, 3.05) is 0 Å². The number of nitrogens with one attached hydrogen (secondary N) is 2. The van der Waals surface area contributed by atoms with Crippen molar-refractivity contribution in [1.29, 1.82) is 0 Å². The minimum Gasteiger partial charge on any atom is -0.335 e. The highest BCUT2D eigenvalue weighted by Crippen LogP contribution is 2.22. The topological polar surface area (TPSA) is 84.0 Å². The van der Waals surface area contributed by atoms with E-state index in [9.17, 15) is 9.59 Å². The van der Waals surface area contributed by atoms with E-state index < -0.39 is 11.3 Å². The van der Waals surface area contributed by atoms with Crippen molar-refractivity contribution < 1.29 is 9.59 Å². The monoisotopic (exact) mass is 336 g/mol. The van der Waals surface area contributed by atoms with Crippen molar-refractivity contribution in [2.24, 2.45) is 0 Å². The summed E-state index contributed by atoms with van der Waals surface area (Å²) in [6.07, 6.45) is 4.24. The minimum atomic E-state index is -0.439. The van der Waals surface area contributed by atoms with Crippen molar-refractivity contribution in [2.45, 2.75) is 69.8 Å². The molecule has 1 aromatic heterocycles. The number of carbonyl (C=O) groups excluding carboxylic acids is 2. The maximum Gasteiger partial charge on any atom is 0.321 e. The fourth-order valence-corrected chi connectivity index (χ4v) is 3.37. The van der Waals surface area contributed by atoms with E-state index in [0.717, 1.165) is 42.6 Å². The lowest BCUT2D eigenvalue weighted by Gasteiger charge is -2.15. The van der Waals surface area contributed by atoms with E-state index >= 15 is 0 Å². The van der Waals surface area contributed by atoms with Crippen molar-refractivity contribution in [3.05, 3.63) is 17.0 Å². The smallest absolute Gasteiger partial charge is 0.321 e. The van der Waals surface area contributed by atoms with Crippen LogP contribution in [-0.4, -0.2) is 33.2 Å². The Labute approximate surface area is 141 Å². The molecule has 126 valence electrons. The van der Waals surface area contributed by atoms with Crippen LogP contribution in [0.25, 0.3) is 0 Å². The Morgan fingerprint density at radius 3 is 2.26 bits per heavy atom.